The maximum atomic E-state index is 11.5. The van der Waals surface area contributed by atoms with Crippen LogP contribution in [-0.4, -0.2) is 18.1 Å². The van der Waals surface area contributed by atoms with E-state index >= 15 is 0 Å². The molecule has 0 aliphatic carbocycles. The van der Waals surface area contributed by atoms with Gasteiger partial charge in [-0.15, -0.1) is 5.11 Å². The lowest BCUT2D eigenvalue weighted by Crippen LogP contribution is -1.98. The highest BCUT2D eigenvalue weighted by Crippen LogP contribution is 2.32. The Morgan fingerprint density at radius 1 is 0.960 bits per heavy atom. The van der Waals surface area contributed by atoms with Gasteiger partial charge in [-0.2, -0.15) is 13.5 Å². The molecule has 0 radical (unpaired) electrons. The van der Waals surface area contributed by atoms with Gasteiger partial charge < -0.3 is 5.11 Å². The van der Waals surface area contributed by atoms with Crippen molar-refractivity contribution in [1.29, 1.82) is 0 Å². The van der Waals surface area contributed by atoms with Crippen LogP contribution in [0.3, 0.4) is 0 Å². The first-order valence-corrected chi connectivity index (χ1v) is 9.07. The summed E-state index contributed by atoms with van der Waals surface area (Å²) in [5.74, 6) is 0.212. The van der Waals surface area contributed by atoms with E-state index in [-0.39, 0.29) is 10.6 Å². The van der Waals surface area contributed by atoms with Crippen LogP contribution in [0.4, 0.5) is 11.4 Å². The minimum absolute atomic E-state index is 0.167. The molecule has 0 fully saturated rings. The molecule has 3 rings (SSSR count). The van der Waals surface area contributed by atoms with E-state index in [9.17, 15) is 18.1 Å². The molecule has 128 valence electrons. The molecular weight excluding hydrogens is 340 g/mol. The van der Waals surface area contributed by atoms with Gasteiger partial charge in [-0.05, 0) is 42.3 Å². The van der Waals surface area contributed by atoms with Crippen molar-refractivity contribution >= 4 is 32.3 Å². The van der Waals surface area contributed by atoms with Gasteiger partial charge in [-0.1, -0.05) is 31.2 Å². The third kappa shape index (κ3) is 3.52. The van der Waals surface area contributed by atoms with Crippen LogP contribution in [-0.2, 0) is 16.5 Å². The smallest absolute Gasteiger partial charge is 0.295 e. The first kappa shape index (κ1) is 17.1. The molecule has 0 heterocycles. The molecule has 0 saturated carbocycles. The Morgan fingerprint density at radius 2 is 1.68 bits per heavy atom. The molecule has 7 heteroatoms. The molecule has 0 amide bonds. The van der Waals surface area contributed by atoms with Crippen LogP contribution in [0.1, 0.15) is 12.5 Å². The number of azo groups is 1. The van der Waals surface area contributed by atoms with E-state index in [0.29, 0.717) is 28.6 Å². The number of nitrogens with zero attached hydrogens (tertiary/aromatic N) is 2. The van der Waals surface area contributed by atoms with E-state index in [0.717, 1.165) is 5.56 Å². The highest BCUT2D eigenvalue weighted by Gasteiger charge is 2.15. The van der Waals surface area contributed by atoms with Crippen molar-refractivity contribution in [3.8, 4) is 5.75 Å². The minimum atomic E-state index is -4.33. The maximum Gasteiger partial charge on any atom is 0.295 e. The predicted octanol–water partition coefficient (Wildman–Crippen LogP) is 4.77. The highest BCUT2D eigenvalue weighted by atomic mass is 32.2. The second kappa shape index (κ2) is 6.62. The van der Waals surface area contributed by atoms with Crippen LogP contribution < -0.4 is 0 Å². The van der Waals surface area contributed by atoms with Gasteiger partial charge in [-0.25, -0.2) is 0 Å². The fourth-order valence-electron chi connectivity index (χ4n) is 2.60. The molecule has 6 nitrogen and oxygen atoms in total. The Bertz CT molecular complexity index is 1080. The summed E-state index contributed by atoms with van der Waals surface area (Å²) in [6.45, 7) is 1.93. The molecule has 0 atom stereocenters. The van der Waals surface area contributed by atoms with Gasteiger partial charge in [0.05, 0.1) is 11.4 Å². The topological polar surface area (TPSA) is 99.3 Å². The summed E-state index contributed by atoms with van der Waals surface area (Å²) in [6, 6.07) is 14.5. The summed E-state index contributed by atoms with van der Waals surface area (Å²) in [6.07, 6.45) is 0.668. The number of hydrogen-bond donors (Lipinski definition) is 2. The number of aryl methyl sites for hydroxylation is 1. The van der Waals surface area contributed by atoms with Crippen molar-refractivity contribution in [2.75, 3.05) is 0 Å². The van der Waals surface area contributed by atoms with Gasteiger partial charge in [-0.3, -0.25) is 4.55 Å². The number of benzene rings is 3. The molecule has 0 bridgehead atoms. The van der Waals surface area contributed by atoms with Crippen molar-refractivity contribution < 1.29 is 18.1 Å². The fraction of sp³-hybridized carbons (Fsp3) is 0.111. The van der Waals surface area contributed by atoms with Crippen LogP contribution >= 0.6 is 0 Å². The van der Waals surface area contributed by atoms with Crippen LogP contribution in [0, 0.1) is 0 Å². The predicted molar refractivity (Wildman–Crippen MR) is 95.4 cm³/mol. The van der Waals surface area contributed by atoms with E-state index in [1.807, 2.05) is 6.92 Å². The maximum absolute atomic E-state index is 11.5. The standard InChI is InChI=1S/C18H16N2O4S/c1-2-12-11-13(7-9-17(12)21)19-20-16-8-10-18(25(22,23)24)15-6-4-3-5-14(15)16/h3-11,21H,2H2,1H3,(H,22,23,24). The van der Waals surface area contributed by atoms with Crippen molar-refractivity contribution in [2.24, 2.45) is 10.2 Å². The molecule has 25 heavy (non-hydrogen) atoms. The zero-order valence-electron chi connectivity index (χ0n) is 13.4. The van der Waals surface area contributed by atoms with Gasteiger partial charge in [0.25, 0.3) is 10.1 Å². The monoisotopic (exact) mass is 356 g/mol. The van der Waals surface area contributed by atoms with Gasteiger partial charge in [0.15, 0.2) is 0 Å². The third-order valence-electron chi connectivity index (χ3n) is 3.86. The number of rotatable bonds is 4. The Balaban J connectivity index is 2.08. The summed E-state index contributed by atoms with van der Waals surface area (Å²) in [4.78, 5) is -0.167. The van der Waals surface area contributed by atoms with Crippen molar-refractivity contribution in [1.82, 2.24) is 0 Å². The molecule has 0 aliphatic rings. The summed E-state index contributed by atoms with van der Waals surface area (Å²) < 4.78 is 32.4. The Kier molecular flexibility index (Phi) is 4.52. The molecule has 0 aliphatic heterocycles. The van der Waals surface area contributed by atoms with Gasteiger partial charge >= 0.3 is 0 Å². The Labute approximate surface area is 145 Å². The number of hydrogen-bond acceptors (Lipinski definition) is 5. The van der Waals surface area contributed by atoms with Crippen molar-refractivity contribution in [2.45, 2.75) is 18.2 Å². The Morgan fingerprint density at radius 3 is 2.36 bits per heavy atom. The first-order chi connectivity index (χ1) is 11.9. The van der Waals surface area contributed by atoms with E-state index in [1.54, 1.807) is 42.5 Å². The zero-order chi connectivity index (χ0) is 18.0. The van der Waals surface area contributed by atoms with Gasteiger partial charge in [0.2, 0.25) is 0 Å². The molecule has 0 saturated heterocycles. The lowest BCUT2D eigenvalue weighted by Gasteiger charge is -2.06. The molecule has 0 spiro atoms. The van der Waals surface area contributed by atoms with E-state index in [1.165, 1.54) is 12.1 Å². The van der Waals surface area contributed by atoms with Crippen LogP contribution in [0.5, 0.6) is 5.75 Å². The molecule has 0 aromatic heterocycles. The average Bonchev–Trinajstić information content (AvgIpc) is 2.59. The lowest BCUT2D eigenvalue weighted by molar-refractivity contribution is 0.469. The summed E-state index contributed by atoms with van der Waals surface area (Å²) in [7, 11) is -4.33. The van der Waals surface area contributed by atoms with Gasteiger partial charge in [0, 0.05) is 10.8 Å². The molecule has 3 aromatic carbocycles. The van der Waals surface area contributed by atoms with Crippen LogP contribution in [0.15, 0.2) is 69.7 Å². The SMILES string of the molecule is CCc1cc(N=Nc2ccc(S(=O)(=O)O)c3ccccc23)ccc1O. The van der Waals surface area contributed by atoms with Crippen LogP contribution in [0.25, 0.3) is 10.8 Å². The lowest BCUT2D eigenvalue weighted by atomic mass is 10.1. The van der Waals surface area contributed by atoms with Gasteiger partial charge in [0.1, 0.15) is 10.6 Å². The number of fused-ring (bicyclic) bond motifs is 1. The molecular formula is C18H16N2O4S. The molecule has 2 N–H and O–H groups in total. The minimum Gasteiger partial charge on any atom is -0.508 e. The van der Waals surface area contributed by atoms with Crippen molar-refractivity contribution in [3.63, 3.8) is 0 Å². The quantitative estimate of drug-likeness (QED) is 0.519. The second-order valence-corrected chi connectivity index (χ2v) is 6.86. The molecule has 3 aromatic rings. The summed E-state index contributed by atoms with van der Waals surface area (Å²) >= 11 is 0. The number of aromatic hydroxyl groups is 1. The third-order valence-corrected chi connectivity index (χ3v) is 4.77. The second-order valence-electron chi connectivity index (χ2n) is 5.47. The highest BCUT2D eigenvalue weighted by molar-refractivity contribution is 7.86. The Hall–Kier alpha value is -2.77. The van der Waals surface area contributed by atoms with E-state index in [2.05, 4.69) is 10.2 Å². The first-order valence-electron chi connectivity index (χ1n) is 7.63. The number of phenols is 1. The van der Waals surface area contributed by atoms with Crippen molar-refractivity contribution in [3.05, 3.63) is 60.2 Å². The molecule has 0 unspecified atom stereocenters. The van der Waals surface area contributed by atoms with Crippen LogP contribution in [0.2, 0.25) is 0 Å². The normalized spacial score (nSPS) is 12.1. The average molecular weight is 356 g/mol. The zero-order valence-corrected chi connectivity index (χ0v) is 14.2. The number of phenolic OH excluding ortho intramolecular Hbond substituents is 1. The fourth-order valence-corrected chi connectivity index (χ4v) is 3.29. The van der Waals surface area contributed by atoms with E-state index in [4.69, 9.17) is 0 Å². The summed E-state index contributed by atoms with van der Waals surface area (Å²) in [5, 5.41) is 19.0. The largest absolute Gasteiger partial charge is 0.508 e. The summed E-state index contributed by atoms with van der Waals surface area (Å²) in [5.41, 5.74) is 1.83. The van der Waals surface area contributed by atoms with E-state index < -0.39 is 10.1 Å².